The van der Waals surface area contributed by atoms with Crippen molar-refractivity contribution in [1.29, 1.82) is 5.26 Å². The van der Waals surface area contributed by atoms with Crippen LogP contribution in [0.2, 0.25) is 0 Å². The minimum Gasteiger partial charge on any atom is -0.481 e. The number of halogens is 2. The maximum atomic E-state index is 13.0. The number of benzene rings is 2. The third-order valence-electron chi connectivity index (χ3n) is 4.70. The molecular formula is C23H20F2N2O3. The summed E-state index contributed by atoms with van der Waals surface area (Å²) in [5, 5.41) is 9.20. The summed E-state index contributed by atoms with van der Waals surface area (Å²) in [6, 6.07) is 16.7. The van der Waals surface area contributed by atoms with Crippen molar-refractivity contribution in [3.05, 3.63) is 77.1 Å². The van der Waals surface area contributed by atoms with E-state index in [4.69, 9.17) is 4.74 Å². The molecule has 0 aliphatic heterocycles. The highest BCUT2D eigenvalue weighted by molar-refractivity contribution is 6.01. The predicted octanol–water partition coefficient (Wildman–Crippen LogP) is 5.22. The molecule has 0 fully saturated rings. The zero-order valence-electron chi connectivity index (χ0n) is 16.7. The van der Waals surface area contributed by atoms with E-state index in [1.165, 1.54) is 12.1 Å². The van der Waals surface area contributed by atoms with Gasteiger partial charge in [-0.3, -0.25) is 4.79 Å². The van der Waals surface area contributed by atoms with Gasteiger partial charge < -0.3 is 14.0 Å². The van der Waals surface area contributed by atoms with Crippen LogP contribution in [0.15, 0.2) is 54.6 Å². The number of nitriles is 1. The molecule has 0 aliphatic rings. The lowest BCUT2D eigenvalue weighted by Crippen LogP contribution is -2.24. The molecule has 0 unspecified atom stereocenters. The van der Waals surface area contributed by atoms with E-state index in [0.29, 0.717) is 28.3 Å². The van der Waals surface area contributed by atoms with Gasteiger partial charge in [0.2, 0.25) is 5.78 Å². The molecule has 1 heterocycles. The fourth-order valence-electron chi connectivity index (χ4n) is 3.31. The molecule has 0 bridgehead atoms. The summed E-state index contributed by atoms with van der Waals surface area (Å²) in [5.41, 5.74) is 3.07. The van der Waals surface area contributed by atoms with E-state index in [2.05, 4.69) is 4.74 Å². The van der Waals surface area contributed by atoms with Crippen LogP contribution in [0.1, 0.15) is 34.2 Å². The highest BCUT2D eigenvalue weighted by atomic mass is 19.3. The van der Waals surface area contributed by atoms with Crippen LogP contribution in [0.5, 0.6) is 11.5 Å². The van der Waals surface area contributed by atoms with Gasteiger partial charge in [-0.15, -0.1) is 0 Å². The van der Waals surface area contributed by atoms with Crippen molar-refractivity contribution in [3.8, 4) is 23.3 Å². The van der Waals surface area contributed by atoms with Gasteiger partial charge in [-0.2, -0.15) is 14.0 Å². The summed E-state index contributed by atoms with van der Waals surface area (Å²) in [4.78, 5) is 13.0. The van der Waals surface area contributed by atoms with Crippen LogP contribution in [0.3, 0.4) is 0 Å². The lowest BCUT2D eigenvalue weighted by molar-refractivity contribution is -0.0498. The molecule has 2 aromatic carbocycles. The van der Waals surface area contributed by atoms with Crippen molar-refractivity contribution < 1.29 is 23.0 Å². The molecule has 0 saturated carbocycles. The number of ether oxygens (including phenoxy) is 2. The third-order valence-corrected chi connectivity index (χ3v) is 4.70. The first-order valence-corrected chi connectivity index (χ1v) is 9.26. The second-order valence-corrected chi connectivity index (χ2v) is 6.72. The smallest absolute Gasteiger partial charge is 0.387 e. The van der Waals surface area contributed by atoms with E-state index in [9.17, 15) is 18.8 Å². The van der Waals surface area contributed by atoms with Gasteiger partial charge >= 0.3 is 6.61 Å². The molecule has 3 rings (SSSR count). The maximum Gasteiger partial charge on any atom is 0.387 e. The average molecular weight is 410 g/mol. The quantitative estimate of drug-likeness (QED) is 0.501. The van der Waals surface area contributed by atoms with Crippen molar-refractivity contribution in [2.45, 2.75) is 33.5 Å². The van der Waals surface area contributed by atoms with Crippen LogP contribution in [0.25, 0.3) is 5.69 Å². The van der Waals surface area contributed by atoms with Crippen molar-refractivity contribution >= 4 is 5.78 Å². The molecule has 7 heteroatoms. The van der Waals surface area contributed by atoms with Gasteiger partial charge in [0.15, 0.2) is 6.10 Å². The number of aromatic nitrogens is 1. The molecule has 30 heavy (non-hydrogen) atoms. The second-order valence-electron chi connectivity index (χ2n) is 6.72. The summed E-state index contributed by atoms with van der Waals surface area (Å²) < 4.78 is 36.7. The molecule has 154 valence electrons. The number of carbonyl (C=O) groups is 1. The second kappa shape index (κ2) is 8.78. The van der Waals surface area contributed by atoms with Crippen molar-refractivity contribution in [3.63, 3.8) is 0 Å². The Bertz CT molecular complexity index is 1100. The topological polar surface area (TPSA) is 64.2 Å². The highest BCUT2D eigenvalue weighted by Crippen LogP contribution is 2.26. The van der Waals surface area contributed by atoms with Crippen molar-refractivity contribution in [2.24, 2.45) is 0 Å². The van der Waals surface area contributed by atoms with Gasteiger partial charge in [0.05, 0.1) is 5.56 Å². The zero-order valence-corrected chi connectivity index (χ0v) is 16.7. The lowest BCUT2D eigenvalue weighted by atomic mass is 10.1. The minimum absolute atomic E-state index is 0.0608. The molecule has 1 atom stereocenters. The Morgan fingerprint density at radius 3 is 2.37 bits per heavy atom. The number of para-hydroxylation sites is 1. The average Bonchev–Trinajstić information content (AvgIpc) is 3.02. The molecule has 3 aromatic rings. The molecule has 0 aliphatic carbocycles. The maximum absolute atomic E-state index is 13.0. The SMILES string of the molecule is Cc1cc(C(=O)[C@H](C)Oc2ccccc2C#N)c(C)n1-c1ccc(OC(F)F)cc1. The summed E-state index contributed by atoms with van der Waals surface area (Å²) in [5.74, 6) is 0.190. The van der Waals surface area contributed by atoms with Gasteiger partial charge in [0.25, 0.3) is 0 Å². The molecule has 0 saturated heterocycles. The lowest BCUT2D eigenvalue weighted by Gasteiger charge is -2.15. The Labute approximate surface area is 173 Å². The number of aryl methyl sites for hydroxylation is 1. The molecule has 5 nitrogen and oxygen atoms in total. The van der Waals surface area contributed by atoms with Crippen molar-refractivity contribution in [2.75, 3.05) is 0 Å². The van der Waals surface area contributed by atoms with Crippen molar-refractivity contribution in [1.82, 2.24) is 4.57 Å². The van der Waals surface area contributed by atoms with Gasteiger partial charge in [0, 0.05) is 22.6 Å². The Hall–Kier alpha value is -3.66. The van der Waals surface area contributed by atoms with Crippen LogP contribution in [-0.4, -0.2) is 23.1 Å². The monoisotopic (exact) mass is 410 g/mol. The van der Waals surface area contributed by atoms with Gasteiger partial charge in [-0.05, 0) is 63.2 Å². The number of Topliss-reactive ketones (excluding diaryl/α,β-unsaturated/α-hetero) is 1. The predicted molar refractivity (Wildman–Crippen MR) is 107 cm³/mol. The van der Waals surface area contributed by atoms with Crippen LogP contribution in [0, 0.1) is 25.2 Å². The van der Waals surface area contributed by atoms with E-state index in [1.807, 2.05) is 17.6 Å². The standard InChI is InChI=1S/C23H20F2N2O3/c1-14-12-20(22(28)16(3)29-21-7-5-4-6-17(21)13-26)15(2)27(14)18-8-10-19(11-9-18)30-23(24)25/h4-12,16,23H,1-3H3/t16-/m0/s1. The first-order chi connectivity index (χ1) is 14.3. The highest BCUT2D eigenvalue weighted by Gasteiger charge is 2.23. The Kier molecular flexibility index (Phi) is 6.17. The summed E-state index contributed by atoms with van der Waals surface area (Å²) in [6.07, 6.45) is -0.796. The van der Waals surface area contributed by atoms with E-state index >= 15 is 0 Å². The normalized spacial score (nSPS) is 11.8. The Balaban J connectivity index is 1.85. The summed E-state index contributed by atoms with van der Waals surface area (Å²) >= 11 is 0. The number of nitrogens with zero attached hydrogens (tertiary/aromatic N) is 2. The first-order valence-electron chi connectivity index (χ1n) is 9.26. The molecule has 0 spiro atoms. The molecule has 1 aromatic heterocycles. The van der Waals surface area contributed by atoms with Gasteiger partial charge in [-0.1, -0.05) is 12.1 Å². The summed E-state index contributed by atoms with van der Waals surface area (Å²) in [6.45, 7) is 2.41. The minimum atomic E-state index is -2.89. The van der Waals surface area contributed by atoms with Crippen LogP contribution >= 0.6 is 0 Å². The number of rotatable bonds is 7. The number of ketones is 1. The molecule has 0 amide bonds. The zero-order chi connectivity index (χ0) is 21.8. The van der Waals surface area contributed by atoms with E-state index < -0.39 is 12.7 Å². The van der Waals surface area contributed by atoms with Gasteiger partial charge in [-0.25, -0.2) is 0 Å². The fraction of sp³-hybridized carbons (Fsp3) is 0.217. The fourth-order valence-corrected chi connectivity index (χ4v) is 3.31. The number of carbonyl (C=O) groups excluding carboxylic acids is 1. The Morgan fingerprint density at radius 2 is 1.73 bits per heavy atom. The first kappa shape index (κ1) is 21.1. The third kappa shape index (κ3) is 4.33. The molecular weight excluding hydrogens is 390 g/mol. The largest absolute Gasteiger partial charge is 0.481 e. The van der Waals surface area contributed by atoms with E-state index in [-0.39, 0.29) is 11.5 Å². The Morgan fingerprint density at radius 1 is 1.07 bits per heavy atom. The van der Waals surface area contributed by atoms with Gasteiger partial charge in [0.1, 0.15) is 17.6 Å². The number of hydrogen-bond donors (Lipinski definition) is 0. The molecule has 0 radical (unpaired) electrons. The van der Waals surface area contributed by atoms with Crippen LogP contribution in [0.4, 0.5) is 8.78 Å². The number of hydrogen-bond acceptors (Lipinski definition) is 4. The molecule has 0 N–H and O–H groups in total. The van der Waals surface area contributed by atoms with E-state index in [1.54, 1.807) is 56.3 Å². The van der Waals surface area contributed by atoms with Crippen LogP contribution < -0.4 is 9.47 Å². The van der Waals surface area contributed by atoms with E-state index in [0.717, 1.165) is 5.69 Å². The number of alkyl halides is 2. The van der Waals surface area contributed by atoms with Crippen LogP contribution in [-0.2, 0) is 0 Å². The summed E-state index contributed by atoms with van der Waals surface area (Å²) in [7, 11) is 0.